The summed E-state index contributed by atoms with van der Waals surface area (Å²) in [6, 6.07) is 0. The Kier molecular flexibility index (Phi) is 6.10. The number of halogens is 1. The second kappa shape index (κ2) is 7.40. The normalized spacial score (nSPS) is 10.2. The van der Waals surface area contributed by atoms with Gasteiger partial charge in [-0.2, -0.15) is 0 Å². The number of nitrogens with one attached hydrogen (secondary N) is 2. The first kappa shape index (κ1) is 13.2. The highest BCUT2D eigenvalue weighted by Crippen LogP contribution is 2.25. The highest BCUT2D eigenvalue weighted by Gasteiger charge is 2.06. The topological polar surface area (TPSA) is 59.1 Å². The van der Waals surface area contributed by atoms with Crippen LogP contribution in [0.1, 0.15) is 13.8 Å². The molecule has 0 spiro atoms. The molecule has 0 aliphatic carbocycles. The van der Waals surface area contributed by atoms with Crippen LogP contribution in [0.25, 0.3) is 0 Å². The van der Waals surface area contributed by atoms with E-state index in [1.54, 1.807) is 0 Å². The summed E-state index contributed by atoms with van der Waals surface area (Å²) in [7, 11) is 0. The molecule has 0 bridgehead atoms. The second-order valence-corrected chi connectivity index (χ2v) is 3.83. The van der Waals surface area contributed by atoms with Crippen LogP contribution in [0, 0.1) is 0 Å². The summed E-state index contributed by atoms with van der Waals surface area (Å²) in [5.74, 6) is 1.59. The van der Waals surface area contributed by atoms with Gasteiger partial charge in [-0.25, -0.2) is 9.97 Å². The number of hydrogen-bond acceptors (Lipinski definition) is 5. The molecule has 5 nitrogen and oxygen atoms in total. The maximum absolute atomic E-state index is 5.24. The van der Waals surface area contributed by atoms with Crippen LogP contribution < -0.4 is 10.6 Å². The van der Waals surface area contributed by atoms with Crippen LogP contribution in [-0.2, 0) is 4.74 Å². The molecular weight excluding hydrogens is 272 g/mol. The minimum absolute atomic E-state index is 0.670. The van der Waals surface area contributed by atoms with Crippen molar-refractivity contribution in [2.24, 2.45) is 0 Å². The van der Waals surface area contributed by atoms with Crippen LogP contribution in [-0.4, -0.2) is 36.3 Å². The van der Waals surface area contributed by atoms with Gasteiger partial charge in [-0.05, 0) is 29.8 Å². The maximum atomic E-state index is 5.24. The van der Waals surface area contributed by atoms with Crippen molar-refractivity contribution < 1.29 is 4.74 Å². The minimum Gasteiger partial charge on any atom is -0.380 e. The van der Waals surface area contributed by atoms with Gasteiger partial charge in [0.25, 0.3) is 0 Å². The molecular formula is C10H17BrN4O. The first-order chi connectivity index (χ1) is 7.79. The average molecular weight is 289 g/mol. The molecule has 90 valence electrons. The summed E-state index contributed by atoms with van der Waals surface area (Å²) in [6.07, 6.45) is 1.53. The van der Waals surface area contributed by atoms with E-state index in [2.05, 4.69) is 36.5 Å². The van der Waals surface area contributed by atoms with E-state index < -0.39 is 0 Å². The summed E-state index contributed by atoms with van der Waals surface area (Å²) in [5, 5.41) is 6.33. The van der Waals surface area contributed by atoms with Gasteiger partial charge in [0, 0.05) is 19.7 Å². The predicted molar refractivity (Wildman–Crippen MR) is 68.9 cm³/mol. The van der Waals surface area contributed by atoms with Crippen LogP contribution in [0.15, 0.2) is 10.8 Å². The fourth-order valence-electron chi connectivity index (χ4n) is 1.17. The Labute approximate surface area is 104 Å². The molecule has 1 aromatic rings. The van der Waals surface area contributed by atoms with E-state index in [0.717, 1.165) is 35.8 Å². The molecule has 0 fully saturated rings. The Bertz CT molecular complexity index is 322. The summed E-state index contributed by atoms with van der Waals surface area (Å²) >= 11 is 3.46. The zero-order chi connectivity index (χ0) is 11.8. The van der Waals surface area contributed by atoms with Gasteiger partial charge < -0.3 is 15.4 Å². The second-order valence-electron chi connectivity index (χ2n) is 3.04. The first-order valence-electron chi connectivity index (χ1n) is 5.35. The lowest BCUT2D eigenvalue weighted by atomic mass is 10.5. The SMILES string of the molecule is CCNc1ncnc(NCCOCC)c1Br. The smallest absolute Gasteiger partial charge is 0.146 e. The predicted octanol–water partition coefficient (Wildman–Crippen LogP) is 2.12. The lowest BCUT2D eigenvalue weighted by molar-refractivity contribution is 0.158. The number of rotatable bonds is 7. The molecule has 0 unspecified atom stereocenters. The maximum Gasteiger partial charge on any atom is 0.146 e. The number of hydrogen-bond donors (Lipinski definition) is 2. The zero-order valence-electron chi connectivity index (χ0n) is 9.59. The molecule has 0 atom stereocenters. The van der Waals surface area contributed by atoms with Gasteiger partial charge in [0.05, 0.1) is 6.61 Å². The monoisotopic (exact) mass is 288 g/mol. The molecule has 0 radical (unpaired) electrons. The van der Waals surface area contributed by atoms with Crippen molar-refractivity contribution >= 4 is 27.6 Å². The molecule has 0 aliphatic heterocycles. The highest BCUT2D eigenvalue weighted by atomic mass is 79.9. The number of anilines is 2. The van der Waals surface area contributed by atoms with Crippen molar-refractivity contribution in [2.45, 2.75) is 13.8 Å². The van der Waals surface area contributed by atoms with E-state index in [-0.39, 0.29) is 0 Å². The molecule has 1 rings (SSSR count). The average Bonchev–Trinajstić information content (AvgIpc) is 2.29. The molecule has 6 heteroatoms. The van der Waals surface area contributed by atoms with Crippen molar-refractivity contribution in [3.63, 3.8) is 0 Å². The number of nitrogens with zero attached hydrogens (tertiary/aromatic N) is 2. The van der Waals surface area contributed by atoms with Crippen LogP contribution in [0.2, 0.25) is 0 Å². The minimum atomic E-state index is 0.670. The van der Waals surface area contributed by atoms with Crippen LogP contribution >= 0.6 is 15.9 Å². The highest BCUT2D eigenvalue weighted by molar-refractivity contribution is 9.10. The lowest BCUT2D eigenvalue weighted by Crippen LogP contribution is -2.12. The summed E-state index contributed by atoms with van der Waals surface area (Å²) in [5.41, 5.74) is 0. The molecule has 1 aromatic heterocycles. The summed E-state index contributed by atoms with van der Waals surface area (Å²) < 4.78 is 6.09. The van der Waals surface area contributed by atoms with Crippen LogP contribution in [0.4, 0.5) is 11.6 Å². The molecule has 16 heavy (non-hydrogen) atoms. The van der Waals surface area contributed by atoms with Crippen molar-refractivity contribution in [2.75, 3.05) is 36.9 Å². The van der Waals surface area contributed by atoms with E-state index in [9.17, 15) is 0 Å². The molecule has 0 saturated carbocycles. The van der Waals surface area contributed by atoms with Crippen LogP contribution in [0.5, 0.6) is 0 Å². The third kappa shape index (κ3) is 3.94. The molecule has 2 N–H and O–H groups in total. The Hall–Kier alpha value is -0.880. The molecule has 0 amide bonds. The van der Waals surface area contributed by atoms with Crippen molar-refractivity contribution in [1.29, 1.82) is 0 Å². The van der Waals surface area contributed by atoms with E-state index >= 15 is 0 Å². The Morgan fingerprint density at radius 2 is 1.94 bits per heavy atom. The quantitative estimate of drug-likeness (QED) is 0.753. The van der Waals surface area contributed by atoms with Crippen molar-refractivity contribution in [3.05, 3.63) is 10.8 Å². The van der Waals surface area contributed by atoms with Gasteiger partial charge in [-0.3, -0.25) is 0 Å². The van der Waals surface area contributed by atoms with Crippen molar-refractivity contribution in [1.82, 2.24) is 9.97 Å². The number of aromatic nitrogens is 2. The zero-order valence-corrected chi connectivity index (χ0v) is 11.2. The molecule has 0 aliphatic rings. The fourth-order valence-corrected chi connectivity index (χ4v) is 1.65. The summed E-state index contributed by atoms with van der Waals surface area (Å²) in [4.78, 5) is 8.29. The molecule has 0 saturated heterocycles. The Morgan fingerprint density at radius 1 is 1.25 bits per heavy atom. The largest absolute Gasteiger partial charge is 0.380 e. The fraction of sp³-hybridized carbons (Fsp3) is 0.600. The van der Waals surface area contributed by atoms with E-state index in [4.69, 9.17) is 4.74 Å². The Morgan fingerprint density at radius 3 is 2.56 bits per heavy atom. The van der Waals surface area contributed by atoms with E-state index in [1.807, 2.05) is 13.8 Å². The third-order valence-corrected chi connectivity index (χ3v) is 2.63. The first-order valence-corrected chi connectivity index (χ1v) is 6.14. The third-order valence-electron chi connectivity index (χ3n) is 1.88. The number of ether oxygens (including phenoxy) is 1. The van der Waals surface area contributed by atoms with Gasteiger partial charge in [0.1, 0.15) is 22.4 Å². The molecule has 0 aromatic carbocycles. The van der Waals surface area contributed by atoms with E-state index in [0.29, 0.717) is 6.61 Å². The van der Waals surface area contributed by atoms with E-state index in [1.165, 1.54) is 6.33 Å². The molecule has 1 heterocycles. The van der Waals surface area contributed by atoms with Crippen LogP contribution in [0.3, 0.4) is 0 Å². The van der Waals surface area contributed by atoms with Gasteiger partial charge in [-0.1, -0.05) is 0 Å². The standard InChI is InChI=1S/C10H17BrN4O/c1-3-12-9-8(11)10(15-7-14-9)13-5-6-16-4-2/h7H,3-6H2,1-2H3,(H2,12,13,14,15). The summed E-state index contributed by atoms with van der Waals surface area (Å²) in [6.45, 7) is 6.96. The van der Waals surface area contributed by atoms with Gasteiger partial charge in [0.15, 0.2) is 0 Å². The van der Waals surface area contributed by atoms with Gasteiger partial charge in [-0.15, -0.1) is 0 Å². The van der Waals surface area contributed by atoms with Crippen molar-refractivity contribution in [3.8, 4) is 0 Å². The van der Waals surface area contributed by atoms with Gasteiger partial charge in [0.2, 0.25) is 0 Å². The Balaban J connectivity index is 2.55. The van der Waals surface area contributed by atoms with Gasteiger partial charge >= 0.3 is 0 Å². The lowest BCUT2D eigenvalue weighted by Gasteiger charge is -2.10.